The molecule has 0 spiro atoms. The van der Waals surface area contributed by atoms with Gasteiger partial charge in [0.15, 0.2) is 10.8 Å². The molecule has 1 N–H and O–H groups in total. The first kappa shape index (κ1) is 17.6. The first-order valence-electron chi connectivity index (χ1n) is 7.47. The van der Waals surface area contributed by atoms with E-state index in [2.05, 4.69) is 46.4 Å². The quantitative estimate of drug-likeness (QED) is 0.671. The Bertz CT molecular complexity index is 878. The third kappa shape index (κ3) is 4.45. The van der Waals surface area contributed by atoms with Gasteiger partial charge in [-0.1, -0.05) is 37.7 Å². The summed E-state index contributed by atoms with van der Waals surface area (Å²) in [6.45, 7) is 8.00. The number of thiazole rings is 1. The Morgan fingerprint density at radius 2 is 2.16 bits per heavy atom. The molecule has 0 radical (unpaired) electrons. The van der Waals surface area contributed by atoms with Crippen LogP contribution in [-0.2, 0) is 10.2 Å². The minimum atomic E-state index is -0.183. The molecule has 25 heavy (non-hydrogen) atoms. The summed E-state index contributed by atoms with van der Waals surface area (Å²) in [4.78, 5) is 16.5. The van der Waals surface area contributed by atoms with E-state index in [1.54, 1.807) is 13.0 Å². The molecule has 3 rings (SSSR count). The van der Waals surface area contributed by atoms with E-state index >= 15 is 0 Å². The largest absolute Gasteiger partial charge is 0.409 e. The van der Waals surface area contributed by atoms with Gasteiger partial charge in [-0.15, -0.1) is 21.5 Å². The van der Waals surface area contributed by atoms with Crippen LogP contribution in [0.4, 0.5) is 5.13 Å². The maximum atomic E-state index is 12.0. The molecule has 0 fully saturated rings. The third-order valence-corrected chi connectivity index (χ3v) is 4.68. The van der Waals surface area contributed by atoms with Gasteiger partial charge in [-0.2, -0.15) is 0 Å². The van der Waals surface area contributed by atoms with E-state index in [0.29, 0.717) is 21.8 Å². The van der Waals surface area contributed by atoms with Crippen LogP contribution in [-0.4, -0.2) is 32.0 Å². The Labute approximate surface area is 152 Å². The molecule has 10 heteroatoms. The van der Waals surface area contributed by atoms with Gasteiger partial charge in [0.2, 0.25) is 5.91 Å². The van der Waals surface area contributed by atoms with Crippen LogP contribution in [0.25, 0.3) is 11.6 Å². The van der Waals surface area contributed by atoms with Crippen molar-refractivity contribution in [3.8, 4) is 11.6 Å². The average Bonchev–Trinajstić information content (AvgIpc) is 3.24. The van der Waals surface area contributed by atoms with Crippen LogP contribution in [0, 0.1) is 6.92 Å². The summed E-state index contributed by atoms with van der Waals surface area (Å²) in [5.74, 6) is 0.871. The van der Waals surface area contributed by atoms with Crippen molar-refractivity contribution in [2.24, 2.45) is 0 Å². The number of carbonyl (C=O) groups is 1. The fraction of sp³-hybridized carbons (Fsp3) is 0.400. The summed E-state index contributed by atoms with van der Waals surface area (Å²) in [6.07, 6.45) is 0. The zero-order valence-corrected chi connectivity index (χ0v) is 15.8. The fourth-order valence-corrected chi connectivity index (χ4v) is 3.31. The molecule has 3 heterocycles. The number of aryl methyl sites for hydroxylation is 1. The molecule has 1 amide bonds. The molecule has 0 saturated heterocycles. The summed E-state index contributed by atoms with van der Waals surface area (Å²) in [7, 11) is 0. The number of nitrogens with one attached hydrogen (secondary N) is 1. The zero-order chi connectivity index (χ0) is 18.0. The number of nitrogens with zero attached hydrogens (tertiary/aromatic N) is 4. The number of anilines is 1. The van der Waals surface area contributed by atoms with Gasteiger partial charge in [-0.05, 0) is 6.92 Å². The van der Waals surface area contributed by atoms with Crippen molar-refractivity contribution >= 4 is 34.1 Å². The van der Waals surface area contributed by atoms with Crippen molar-refractivity contribution in [1.29, 1.82) is 0 Å². The van der Waals surface area contributed by atoms with Crippen LogP contribution in [0.15, 0.2) is 25.6 Å². The summed E-state index contributed by atoms with van der Waals surface area (Å²) >= 11 is 2.56. The van der Waals surface area contributed by atoms with Gasteiger partial charge in [-0.3, -0.25) is 4.79 Å². The van der Waals surface area contributed by atoms with Gasteiger partial charge in [-0.25, -0.2) is 4.98 Å². The lowest BCUT2D eigenvalue weighted by Crippen LogP contribution is -2.15. The van der Waals surface area contributed by atoms with Crippen LogP contribution in [0.2, 0.25) is 0 Å². The molecule has 0 bridgehead atoms. The van der Waals surface area contributed by atoms with Crippen LogP contribution >= 0.6 is 23.1 Å². The van der Waals surface area contributed by atoms with Crippen molar-refractivity contribution < 1.29 is 13.7 Å². The van der Waals surface area contributed by atoms with E-state index in [9.17, 15) is 4.79 Å². The second kappa shape index (κ2) is 6.96. The predicted molar refractivity (Wildman–Crippen MR) is 94.7 cm³/mol. The smallest absolute Gasteiger partial charge is 0.277 e. The normalized spacial score (nSPS) is 11.7. The molecule has 0 aliphatic carbocycles. The number of amides is 1. The van der Waals surface area contributed by atoms with Crippen molar-refractivity contribution in [2.75, 3.05) is 11.1 Å². The number of rotatable bonds is 5. The standard InChI is InChI=1S/C15H17N5O3S2/c1-8-5-9(20-23-8)12-18-19-14(22-12)25-7-11(21)17-13-16-10(6-24-13)15(2,3)4/h5-6H,7H2,1-4H3,(H,16,17,21). The predicted octanol–water partition coefficient (Wildman–Crippen LogP) is 3.52. The number of hydrogen-bond donors (Lipinski definition) is 1. The van der Waals surface area contributed by atoms with Crippen molar-refractivity contribution in [2.45, 2.75) is 38.3 Å². The number of hydrogen-bond acceptors (Lipinski definition) is 9. The van der Waals surface area contributed by atoms with Crippen molar-refractivity contribution in [1.82, 2.24) is 20.3 Å². The summed E-state index contributed by atoms with van der Waals surface area (Å²) in [5.41, 5.74) is 1.37. The molecule has 0 unspecified atom stereocenters. The van der Waals surface area contributed by atoms with Gasteiger partial charge in [0.05, 0.1) is 11.4 Å². The van der Waals surface area contributed by atoms with Gasteiger partial charge in [0.25, 0.3) is 11.1 Å². The Kier molecular flexibility index (Phi) is 4.91. The Morgan fingerprint density at radius 1 is 1.36 bits per heavy atom. The molecule has 3 aromatic rings. The average molecular weight is 379 g/mol. The van der Waals surface area contributed by atoms with Crippen LogP contribution < -0.4 is 5.32 Å². The monoisotopic (exact) mass is 379 g/mol. The lowest BCUT2D eigenvalue weighted by molar-refractivity contribution is -0.113. The van der Waals surface area contributed by atoms with Gasteiger partial charge >= 0.3 is 0 Å². The van der Waals surface area contributed by atoms with E-state index in [-0.39, 0.29) is 23.0 Å². The lowest BCUT2D eigenvalue weighted by atomic mass is 9.93. The minimum Gasteiger partial charge on any atom is -0.409 e. The molecule has 0 saturated carbocycles. The second-order valence-electron chi connectivity index (χ2n) is 6.32. The first-order chi connectivity index (χ1) is 11.8. The number of thioether (sulfide) groups is 1. The molecule has 0 atom stereocenters. The Balaban J connectivity index is 1.54. The molecule has 3 aromatic heterocycles. The summed E-state index contributed by atoms with van der Waals surface area (Å²) < 4.78 is 10.4. The molecule has 0 aliphatic rings. The summed E-state index contributed by atoms with van der Waals surface area (Å²) in [5, 5.41) is 17.2. The minimum absolute atomic E-state index is 0.0478. The van der Waals surface area contributed by atoms with E-state index < -0.39 is 0 Å². The summed E-state index contributed by atoms with van der Waals surface area (Å²) in [6, 6.07) is 1.70. The van der Waals surface area contributed by atoms with Crippen LogP contribution in [0.5, 0.6) is 0 Å². The molecule has 8 nitrogen and oxygen atoms in total. The van der Waals surface area contributed by atoms with Crippen molar-refractivity contribution in [3.63, 3.8) is 0 Å². The molecular formula is C15H17N5O3S2. The highest BCUT2D eigenvalue weighted by Crippen LogP contribution is 2.27. The SMILES string of the molecule is Cc1cc(-c2nnc(SCC(=O)Nc3nc(C(C)(C)C)cs3)o2)no1. The fourth-order valence-electron chi connectivity index (χ4n) is 1.80. The lowest BCUT2D eigenvalue weighted by Gasteiger charge is -2.14. The van der Waals surface area contributed by atoms with Crippen molar-refractivity contribution in [3.05, 3.63) is 22.9 Å². The maximum Gasteiger partial charge on any atom is 0.277 e. The topological polar surface area (TPSA) is 107 Å². The highest BCUT2D eigenvalue weighted by atomic mass is 32.2. The first-order valence-corrected chi connectivity index (χ1v) is 9.33. The second-order valence-corrected chi connectivity index (χ2v) is 8.11. The van der Waals surface area contributed by atoms with Crippen LogP contribution in [0.1, 0.15) is 32.2 Å². The Hall–Kier alpha value is -2.20. The van der Waals surface area contributed by atoms with Gasteiger partial charge in [0, 0.05) is 16.9 Å². The maximum absolute atomic E-state index is 12.0. The number of aromatic nitrogens is 4. The van der Waals surface area contributed by atoms with Crippen LogP contribution in [0.3, 0.4) is 0 Å². The highest BCUT2D eigenvalue weighted by molar-refractivity contribution is 7.99. The highest BCUT2D eigenvalue weighted by Gasteiger charge is 2.19. The molecule has 0 aliphatic heterocycles. The van der Waals surface area contributed by atoms with E-state index in [1.165, 1.54) is 11.3 Å². The van der Waals surface area contributed by atoms with Gasteiger partial charge in [0.1, 0.15) is 5.76 Å². The zero-order valence-electron chi connectivity index (χ0n) is 14.2. The number of carbonyl (C=O) groups excluding carboxylic acids is 1. The Morgan fingerprint density at radius 3 is 2.80 bits per heavy atom. The molecular weight excluding hydrogens is 362 g/mol. The van der Waals surface area contributed by atoms with E-state index in [0.717, 1.165) is 17.5 Å². The third-order valence-electron chi connectivity index (χ3n) is 3.10. The van der Waals surface area contributed by atoms with E-state index in [4.69, 9.17) is 8.94 Å². The van der Waals surface area contributed by atoms with E-state index in [1.807, 2.05) is 5.38 Å². The molecule has 0 aromatic carbocycles. The van der Waals surface area contributed by atoms with Gasteiger partial charge < -0.3 is 14.3 Å². The molecule has 132 valence electrons.